The summed E-state index contributed by atoms with van der Waals surface area (Å²) < 4.78 is 47.0. The fourth-order valence-corrected chi connectivity index (χ4v) is 2.09. The summed E-state index contributed by atoms with van der Waals surface area (Å²) >= 11 is 0. The molecule has 1 aromatic rings. The second-order valence-electron chi connectivity index (χ2n) is 5.48. The van der Waals surface area contributed by atoms with Gasteiger partial charge in [-0.25, -0.2) is 13.6 Å². The number of Topliss-reactive ketones (excluding diaryl/α,β-unsaturated/α-hetero) is 1. The molecule has 0 unspecified atom stereocenters. The largest absolute Gasteiger partial charge is 0.462 e. The minimum Gasteiger partial charge on any atom is -0.462 e. The van der Waals surface area contributed by atoms with Gasteiger partial charge in [-0.2, -0.15) is 4.39 Å². The van der Waals surface area contributed by atoms with Crippen molar-refractivity contribution in [3.63, 3.8) is 0 Å². The molecule has 0 spiro atoms. The zero-order chi connectivity index (χ0) is 20.7. The number of ether oxygens (including phenoxy) is 1. The van der Waals surface area contributed by atoms with Crippen molar-refractivity contribution < 1.29 is 32.4 Å². The SMILES string of the molecule is CCCCOC(=O)/C(=C/NCC)C(=O)c1c(F)c(C)c(F)c(F)c1[N+](=O)[O-]. The van der Waals surface area contributed by atoms with Crippen LogP contribution in [0.25, 0.3) is 0 Å². The van der Waals surface area contributed by atoms with Gasteiger partial charge in [0.1, 0.15) is 17.0 Å². The third kappa shape index (κ3) is 4.83. The summed E-state index contributed by atoms with van der Waals surface area (Å²) in [6.45, 7) is 4.51. The second-order valence-corrected chi connectivity index (χ2v) is 5.48. The maximum absolute atomic E-state index is 14.4. The molecule has 1 N–H and O–H groups in total. The van der Waals surface area contributed by atoms with E-state index in [1.807, 2.05) is 6.92 Å². The average molecular weight is 388 g/mol. The monoisotopic (exact) mass is 388 g/mol. The number of rotatable bonds is 9. The summed E-state index contributed by atoms with van der Waals surface area (Å²) in [6.07, 6.45) is 2.08. The molecule has 27 heavy (non-hydrogen) atoms. The van der Waals surface area contributed by atoms with Crippen LogP contribution in [0.4, 0.5) is 18.9 Å². The molecular weight excluding hydrogens is 369 g/mol. The van der Waals surface area contributed by atoms with Crippen LogP contribution >= 0.6 is 0 Å². The number of nitrogens with zero attached hydrogens (tertiary/aromatic N) is 1. The Balaban J connectivity index is 3.54. The van der Waals surface area contributed by atoms with Crippen LogP contribution in [0.3, 0.4) is 0 Å². The first-order chi connectivity index (χ1) is 12.7. The van der Waals surface area contributed by atoms with Crippen molar-refractivity contribution in [1.82, 2.24) is 5.32 Å². The maximum atomic E-state index is 14.4. The molecule has 0 aliphatic rings. The number of unbranched alkanes of at least 4 members (excludes halogenated alkanes) is 1. The summed E-state index contributed by atoms with van der Waals surface area (Å²) in [7, 11) is 0. The standard InChI is InChI=1S/C17H19F3N2O5/c1-4-6-7-27-17(24)10(8-21-5-2)16(23)11-12(18)9(3)13(19)14(20)15(11)22(25)26/h8,21H,4-7H2,1-3H3/b10-8+. The third-order valence-corrected chi connectivity index (χ3v) is 3.57. The Labute approximate surface area is 153 Å². The van der Waals surface area contributed by atoms with E-state index in [1.54, 1.807) is 6.92 Å². The molecule has 0 bridgehead atoms. The van der Waals surface area contributed by atoms with Crippen molar-refractivity contribution in [1.29, 1.82) is 0 Å². The number of halogens is 3. The van der Waals surface area contributed by atoms with Gasteiger partial charge in [-0.15, -0.1) is 0 Å². The van der Waals surface area contributed by atoms with Crippen LogP contribution < -0.4 is 5.32 Å². The molecule has 0 aliphatic heterocycles. The number of hydrogen-bond donors (Lipinski definition) is 1. The van der Waals surface area contributed by atoms with Crippen molar-refractivity contribution in [2.45, 2.75) is 33.6 Å². The number of nitrogens with one attached hydrogen (secondary N) is 1. The second kappa shape index (κ2) is 9.70. The zero-order valence-electron chi connectivity index (χ0n) is 15.0. The quantitative estimate of drug-likeness (QED) is 0.0802. The van der Waals surface area contributed by atoms with Gasteiger partial charge < -0.3 is 10.1 Å². The van der Waals surface area contributed by atoms with Crippen molar-refractivity contribution in [2.75, 3.05) is 13.2 Å². The molecule has 1 aromatic carbocycles. The van der Waals surface area contributed by atoms with Crippen molar-refractivity contribution in [3.8, 4) is 0 Å². The van der Waals surface area contributed by atoms with Crippen LogP contribution in [-0.4, -0.2) is 29.8 Å². The van der Waals surface area contributed by atoms with Crippen LogP contribution in [0, 0.1) is 34.5 Å². The number of nitro groups is 1. The summed E-state index contributed by atoms with van der Waals surface area (Å²) in [6, 6.07) is 0. The minimum absolute atomic E-state index is 0.0343. The van der Waals surface area contributed by atoms with Crippen LogP contribution in [0.15, 0.2) is 11.8 Å². The molecule has 10 heteroatoms. The highest BCUT2D eigenvalue weighted by Gasteiger charge is 2.37. The van der Waals surface area contributed by atoms with E-state index in [2.05, 4.69) is 5.32 Å². The van der Waals surface area contributed by atoms with E-state index in [1.165, 1.54) is 0 Å². The summed E-state index contributed by atoms with van der Waals surface area (Å²) in [5.74, 6) is -8.02. The van der Waals surface area contributed by atoms with Crippen LogP contribution in [-0.2, 0) is 9.53 Å². The molecule has 0 saturated carbocycles. The van der Waals surface area contributed by atoms with Crippen molar-refractivity contribution in [3.05, 3.63) is 50.5 Å². The minimum atomic E-state index is -1.98. The molecule has 7 nitrogen and oxygen atoms in total. The first-order valence-electron chi connectivity index (χ1n) is 8.15. The lowest BCUT2D eigenvalue weighted by Crippen LogP contribution is -2.23. The molecular formula is C17H19F3N2O5. The van der Waals surface area contributed by atoms with E-state index in [9.17, 15) is 32.9 Å². The molecule has 1 rings (SSSR count). The Morgan fingerprint density at radius 2 is 1.81 bits per heavy atom. The highest BCUT2D eigenvalue weighted by molar-refractivity contribution is 6.25. The molecule has 0 aromatic heterocycles. The first-order valence-corrected chi connectivity index (χ1v) is 8.15. The van der Waals surface area contributed by atoms with Crippen LogP contribution in [0.5, 0.6) is 0 Å². The van der Waals surface area contributed by atoms with Gasteiger partial charge in [0.25, 0.3) is 0 Å². The fourth-order valence-electron chi connectivity index (χ4n) is 2.09. The van der Waals surface area contributed by atoms with Gasteiger partial charge in [-0.1, -0.05) is 13.3 Å². The number of ketones is 1. The number of benzene rings is 1. The lowest BCUT2D eigenvalue weighted by atomic mass is 9.98. The molecule has 0 saturated heterocycles. The Kier molecular flexibility index (Phi) is 7.95. The molecule has 148 valence electrons. The fraction of sp³-hybridized carbons (Fsp3) is 0.412. The lowest BCUT2D eigenvalue weighted by molar-refractivity contribution is -0.388. The van der Waals surface area contributed by atoms with Crippen LogP contribution in [0.2, 0.25) is 0 Å². The number of carbonyl (C=O) groups excluding carboxylic acids is 2. The number of carbonyl (C=O) groups is 2. The van der Waals surface area contributed by atoms with E-state index in [0.717, 1.165) is 13.1 Å². The molecule has 0 radical (unpaired) electrons. The highest BCUT2D eigenvalue weighted by atomic mass is 19.2. The molecule has 0 fully saturated rings. The van der Waals surface area contributed by atoms with Gasteiger partial charge >= 0.3 is 11.7 Å². The molecule has 0 atom stereocenters. The highest BCUT2D eigenvalue weighted by Crippen LogP contribution is 2.32. The Bertz CT molecular complexity index is 794. The van der Waals surface area contributed by atoms with Gasteiger partial charge in [0.2, 0.25) is 11.6 Å². The van der Waals surface area contributed by atoms with Crippen molar-refractivity contribution in [2.24, 2.45) is 0 Å². The van der Waals surface area contributed by atoms with E-state index in [4.69, 9.17) is 4.74 Å². The van der Waals surface area contributed by atoms with E-state index in [-0.39, 0.29) is 13.2 Å². The Morgan fingerprint density at radius 1 is 1.19 bits per heavy atom. The van der Waals surface area contributed by atoms with Gasteiger partial charge in [0.05, 0.1) is 11.5 Å². The number of hydrogen-bond acceptors (Lipinski definition) is 6. The Morgan fingerprint density at radius 3 is 2.33 bits per heavy atom. The van der Waals surface area contributed by atoms with E-state index in [0.29, 0.717) is 12.8 Å². The zero-order valence-corrected chi connectivity index (χ0v) is 15.0. The summed E-state index contributed by atoms with van der Waals surface area (Å²) in [5, 5.41) is 13.6. The topological polar surface area (TPSA) is 98.5 Å². The smallest absolute Gasteiger partial charge is 0.343 e. The third-order valence-electron chi connectivity index (χ3n) is 3.57. The van der Waals surface area contributed by atoms with Gasteiger partial charge in [0, 0.05) is 18.3 Å². The van der Waals surface area contributed by atoms with Crippen molar-refractivity contribution >= 4 is 17.4 Å². The number of esters is 1. The molecule has 0 heterocycles. The van der Waals surface area contributed by atoms with E-state index < -0.39 is 56.5 Å². The lowest BCUT2D eigenvalue weighted by Gasteiger charge is -2.11. The number of nitro benzene ring substituents is 1. The van der Waals surface area contributed by atoms with Gasteiger partial charge in [-0.05, 0) is 20.3 Å². The predicted octanol–water partition coefficient (Wildman–Crippen LogP) is 3.34. The van der Waals surface area contributed by atoms with Gasteiger partial charge in [-0.3, -0.25) is 14.9 Å². The Hall–Kier alpha value is -2.91. The summed E-state index contributed by atoms with van der Waals surface area (Å²) in [5.41, 5.74) is -4.69. The average Bonchev–Trinajstić information content (AvgIpc) is 2.62. The normalized spacial score (nSPS) is 11.3. The van der Waals surface area contributed by atoms with E-state index >= 15 is 0 Å². The predicted molar refractivity (Wildman–Crippen MR) is 89.7 cm³/mol. The maximum Gasteiger partial charge on any atom is 0.343 e. The first kappa shape index (κ1) is 22.1. The van der Waals surface area contributed by atoms with Crippen LogP contribution in [0.1, 0.15) is 42.6 Å². The molecule has 0 aliphatic carbocycles. The molecule has 0 amide bonds. The summed E-state index contributed by atoms with van der Waals surface area (Å²) in [4.78, 5) is 34.5. The van der Waals surface area contributed by atoms with Gasteiger partial charge in [0.15, 0.2) is 5.82 Å².